The van der Waals surface area contributed by atoms with Gasteiger partial charge in [-0.1, -0.05) is 44.2 Å². The van der Waals surface area contributed by atoms with E-state index in [4.69, 9.17) is 4.74 Å². The first-order valence-corrected chi connectivity index (χ1v) is 14.6. The van der Waals surface area contributed by atoms with Crippen molar-refractivity contribution < 1.29 is 22.3 Å². The minimum atomic E-state index is -3.75. The topological polar surface area (TPSA) is 92.4 Å². The van der Waals surface area contributed by atoms with E-state index in [0.29, 0.717) is 18.9 Å². The largest absolute Gasteiger partial charge is 0.491 e. The number of H-pyrrole nitrogens is 1. The van der Waals surface area contributed by atoms with Gasteiger partial charge in [-0.3, -0.25) is 9.89 Å². The lowest BCUT2D eigenvalue weighted by molar-refractivity contribution is 0.0731. The van der Waals surface area contributed by atoms with Gasteiger partial charge >= 0.3 is 0 Å². The van der Waals surface area contributed by atoms with Crippen LogP contribution in [0, 0.1) is 12.7 Å². The highest BCUT2D eigenvalue weighted by atomic mass is 32.2. The molecule has 1 aliphatic rings. The third kappa shape index (κ3) is 5.18. The van der Waals surface area contributed by atoms with E-state index >= 15 is 4.39 Å². The standard InChI is InChI=1S/C30H30FN3O4S/c1-4-24-25(11-13-28(29(24)31)39(36,37)5-2)30(35)34-14-15-38-27-12-10-22(17-23(27)18-34)20-6-8-21(9-7-20)26-16-19(3)32-33-26/h6-13,16-17H,4-5,14-15,18H2,1-3H3,(H,32,33). The Bertz CT molecular complexity index is 1650. The summed E-state index contributed by atoms with van der Waals surface area (Å²) in [5.74, 6) is -0.711. The second-order valence-corrected chi connectivity index (χ2v) is 11.8. The van der Waals surface area contributed by atoms with E-state index < -0.39 is 15.7 Å². The number of amides is 1. The van der Waals surface area contributed by atoms with Crippen LogP contribution in [-0.4, -0.2) is 48.3 Å². The molecule has 7 nitrogen and oxygen atoms in total. The fourth-order valence-corrected chi connectivity index (χ4v) is 5.84. The quantitative estimate of drug-likeness (QED) is 0.340. The van der Waals surface area contributed by atoms with Gasteiger partial charge in [0.1, 0.15) is 23.1 Å². The van der Waals surface area contributed by atoms with Gasteiger partial charge in [-0.15, -0.1) is 0 Å². The van der Waals surface area contributed by atoms with Gasteiger partial charge in [0, 0.05) is 34.5 Å². The van der Waals surface area contributed by atoms with Crippen LogP contribution in [-0.2, 0) is 22.8 Å². The molecule has 0 spiro atoms. The van der Waals surface area contributed by atoms with Gasteiger partial charge < -0.3 is 9.64 Å². The fourth-order valence-electron chi connectivity index (χ4n) is 4.86. The molecule has 1 aliphatic heterocycles. The molecule has 1 amide bonds. The lowest BCUT2D eigenvalue weighted by atomic mass is 9.99. The van der Waals surface area contributed by atoms with Crippen molar-refractivity contribution in [2.45, 2.75) is 38.6 Å². The predicted octanol–water partition coefficient (Wildman–Crippen LogP) is 5.58. The molecule has 3 aromatic carbocycles. The molecule has 0 unspecified atom stereocenters. The number of carbonyl (C=O) groups excluding carboxylic acids is 1. The highest BCUT2D eigenvalue weighted by molar-refractivity contribution is 7.91. The van der Waals surface area contributed by atoms with Gasteiger partial charge in [-0.05, 0) is 54.8 Å². The van der Waals surface area contributed by atoms with E-state index in [0.717, 1.165) is 33.6 Å². The Hall–Kier alpha value is -3.98. The van der Waals surface area contributed by atoms with Crippen molar-refractivity contribution in [2.24, 2.45) is 0 Å². The summed E-state index contributed by atoms with van der Waals surface area (Å²) in [5, 5.41) is 7.27. The van der Waals surface area contributed by atoms with Crippen LogP contribution in [0.1, 0.15) is 41.0 Å². The van der Waals surface area contributed by atoms with Crippen LogP contribution in [0.2, 0.25) is 0 Å². The van der Waals surface area contributed by atoms with Gasteiger partial charge in [-0.25, -0.2) is 12.8 Å². The van der Waals surface area contributed by atoms with E-state index in [1.54, 1.807) is 11.8 Å². The molecule has 2 heterocycles. The van der Waals surface area contributed by atoms with Gasteiger partial charge in [-0.2, -0.15) is 5.10 Å². The third-order valence-electron chi connectivity index (χ3n) is 7.05. The first kappa shape index (κ1) is 26.6. The van der Waals surface area contributed by atoms with Crippen molar-refractivity contribution in [3.63, 3.8) is 0 Å². The predicted molar refractivity (Wildman–Crippen MR) is 148 cm³/mol. The maximum absolute atomic E-state index is 15.3. The van der Waals surface area contributed by atoms with Crippen LogP contribution in [0.5, 0.6) is 5.75 Å². The van der Waals surface area contributed by atoms with Crippen molar-refractivity contribution >= 4 is 15.7 Å². The summed E-state index contributed by atoms with van der Waals surface area (Å²) in [5.41, 5.74) is 6.00. The van der Waals surface area contributed by atoms with Crippen LogP contribution in [0.15, 0.2) is 65.6 Å². The van der Waals surface area contributed by atoms with E-state index in [9.17, 15) is 13.2 Å². The molecular formula is C30H30FN3O4S. The van der Waals surface area contributed by atoms with E-state index in [1.807, 2.05) is 55.5 Å². The summed E-state index contributed by atoms with van der Waals surface area (Å²) >= 11 is 0. The number of carbonyl (C=O) groups is 1. The normalized spacial score (nSPS) is 13.5. The number of benzene rings is 3. The summed E-state index contributed by atoms with van der Waals surface area (Å²) < 4.78 is 45.9. The second-order valence-electron chi connectivity index (χ2n) is 9.57. The molecule has 4 aromatic rings. The number of sulfone groups is 1. The van der Waals surface area contributed by atoms with Crippen molar-refractivity contribution in [1.29, 1.82) is 0 Å². The fraction of sp³-hybridized carbons (Fsp3) is 0.267. The Kier molecular flexibility index (Phi) is 7.27. The SMILES string of the molecule is CCc1c(C(=O)N2CCOc3ccc(-c4ccc(-c5cc(C)[nH]n5)cc4)cc3C2)ccc(S(=O)(=O)CC)c1F. The van der Waals surface area contributed by atoms with Gasteiger partial charge in [0.05, 0.1) is 18.0 Å². The van der Waals surface area contributed by atoms with Gasteiger partial charge in [0.25, 0.3) is 5.91 Å². The summed E-state index contributed by atoms with van der Waals surface area (Å²) in [4.78, 5) is 14.9. The highest BCUT2D eigenvalue weighted by Gasteiger charge is 2.27. The molecular weight excluding hydrogens is 517 g/mol. The Morgan fingerprint density at radius 2 is 1.74 bits per heavy atom. The van der Waals surface area contributed by atoms with Crippen LogP contribution in [0.25, 0.3) is 22.4 Å². The smallest absolute Gasteiger partial charge is 0.254 e. The van der Waals surface area contributed by atoms with Crippen molar-refractivity contribution in [1.82, 2.24) is 15.1 Å². The van der Waals surface area contributed by atoms with Crippen LogP contribution >= 0.6 is 0 Å². The Labute approximate surface area is 227 Å². The number of halogens is 1. The zero-order chi connectivity index (χ0) is 27.7. The molecule has 0 bridgehead atoms. The number of hydrogen-bond acceptors (Lipinski definition) is 5. The first-order chi connectivity index (χ1) is 18.7. The number of aromatic nitrogens is 2. The first-order valence-electron chi connectivity index (χ1n) is 12.9. The molecule has 39 heavy (non-hydrogen) atoms. The number of ether oxygens (including phenoxy) is 1. The Balaban J connectivity index is 1.43. The number of fused-ring (bicyclic) bond motifs is 1. The number of rotatable bonds is 6. The molecule has 0 saturated carbocycles. The Morgan fingerprint density at radius 3 is 2.41 bits per heavy atom. The zero-order valence-corrected chi connectivity index (χ0v) is 22.9. The number of nitrogens with one attached hydrogen (secondary N) is 1. The molecule has 0 radical (unpaired) electrons. The van der Waals surface area contributed by atoms with Gasteiger partial charge in [0.2, 0.25) is 0 Å². The number of aromatic amines is 1. The van der Waals surface area contributed by atoms with E-state index in [1.165, 1.54) is 19.1 Å². The van der Waals surface area contributed by atoms with Crippen LogP contribution in [0.4, 0.5) is 4.39 Å². The molecule has 1 N–H and O–H groups in total. The minimum absolute atomic E-state index is 0.112. The molecule has 0 atom stereocenters. The average Bonchev–Trinajstić information content (AvgIpc) is 3.26. The van der Waals surface area contributed by atoms with Crippen molar-refractivity contribution in [3.05, 3.63) is 88.9 Å². The molecule has 0 aliphatic carbocycles. The second kappa shape index (κ2) is 10.6. The lowest BCUT2D eigenvalue weighted by Crippen LogP contribution is -2.33. The monoisotopic (exact) mass is 547 g/mol. The summed E-state index contributed by atoms with van der Waals surface area (Å²) in [6, 6.07) is 18.6. The Morgan fingerprint density at radius 1 is 1.03 bits per heavy atom. The summed E-state index contributed by atoms with van der Waals surface area (Å²) in [6.07, 6.45) is 0.193. The van der Waals surface area contributed by atoms with Crippen LogP contribution in [0.3, 0.4) is 0 Å². The zero-order valence-electron chi connectivity index (χ0n) is 22.1. The molecule has 202 valence electrons. The maximum Gasteiger partial charge on any atom is 0.254 e. The third-order valence-corrected chi connectivity index (χ3v) is 8.80. The average molecular weight is 548 g/mol. The molecule has 9 heteroatoms. The number of aryl methyl sites for hydroxylation is 1. The lowest BCUT2D eigenvalue weighted by Gasteiger charge is -2.22. The molecule has 0 fully saturated rings. The summed E-state index contributed by atoms with van der Waals surface area (Å²) in [6.45, 7) is 6.04. The minimum Gasteiger partial charge on any atom is -0.491 e. The number of nitrogens with zero attached hydrogens (tertiary/aromatic N) is 2. The van der Waals surface area contributed by atoms with E-state index in [-0.39, 0.29) is 40.6 Å². The van der Waals surface area contributed by atoms with Crippen LogP contribution < -0.4 is 4.74 Å². The maximum atomic E-state index is 15.3. The molecule has 1 aromatic heterocycles. The van der Waals surface area contributed by atoms with E-state index in [2.05, 4.69) is 10.2 Å². The van der Waals surface area contributed by atoms with Gasteiger partial charge in [0.15, 0.2) is 9.84 Å². The van der Waals surface area contributed by atoms with Crippen molar-refractivity contribution in [3.8, 4) is 28.1 Å². The molecule has 0 saturated heterocycles. The number of hydrogen-bond donors (Lipinski definition) is 1. The highest BCUT2D eigenvalue weighted by Crippen LogP contribution is 2.32. The molecule has 5 rings (SSSR count). The van der Waals surface area contributed by atoms with Crippen molar-refractivity contribution in [2.75, 3.05) is 18.9 Å². The summed E-state index contributed by atoms with van der Waals surface area (Å²) in [7, 11) is -3.75.